The van der Waals surface area contributed by atoms with Gasteiger partial charge in [-0.3, -0.25) is 9.36 Å². The van der Waals surface area contributed by atoms with Gasteiger partial charge in [-0.2, -0.15) is 0 Å². The van der Waals surface area contributed by atoms with E-state index in [2.05, 4.69) is 55.6 Å². The van der Waals surface area contributed by atoms with Gasteiger partial charge in [0.1, 0.15) is 13.2 Å². The molecule has 0 aliphatic rings. The second kappa shape index (κ2) is 34.2. The standard InChI is InChI=1S/C42H79N2O6P/c1-6-8-10-12-14-16-18-20-21-22-24-25-27-29-31-33-35-41(45)40(39-50-51(47,48)49-38-37-44(3,4)5)43-42(46)36-34-32-30-28-26-23-19-17-15-13-11-9-7-2/h11,13,17,19,25,27,33,35,40-41,45H,6-10,12,14-16,18,20-24,26,28-32,34,36-39H2,1-5H3,(H-,43,46,47,48)/b13-11-,19-17-,27-25+,35-33+. The molecular weight excluding hydrogens is 659 g/mol. The Labute approximate surface area is 314 Å². The summed E-state index contributed by atoms with van der Waals surface area (Å²) in [5.74, 6) is -0.225. The highest BCUT2D eigenvalue weighted by atomic mass is 31.2. The molecule has 0 saturated carbocycles. The van der Waals surface area contributed by atoms with Crippen molar-refractivity contribution in [3.8, 4) is 0 Å². The van der Waals surface area contributed by atoms with Crippen LogP contribution in [0.4, 0.5) is 0 Å². The third-order valence-corrected chi connectivity index (χ3v) is 9.71. The number of amides is 1. The van der Waals surface area contributed by atoms with Crippen LogP contribution in [0, 0.1) is 0 Å². The lowest BCUT2D eigenvalue weighted by Gasteiger charge is -2.29. The molecule has 2 N–H and O–H groups in total. The van der Waals surface area contributed by atoms with E-state index in [0.29, 0.717) is 17.4 Å². The van der Waals surface area contributed by atoms with Crippen molar-refractivity contribution in [2.45, 2.75) is 174 Å². The van der Waals surface area contributed by atoms with E-state index >= 15 is 0 Å². The number of carbonyl (C=O) groups is 1. The molecule has 0 aliphatic carbocycles. The van der Waals surface area contributed by atoms with Crippen molar-refractivity contribution >= 4 is 13.7 Å². The van der Waals surface area contributed by atoms with Gasteiger partial charge < -0.3 is 28.8 Å². The predicted octanol–water partition coefficient (Wildman–Crippen LogP) is 10.3. The zero-order valence-electron chi connectivity index (χ0n) is 33.5. The summed E-state index contributed by atoms with van der Waals surface area (Å²) >= 11 is 0. The van der Waals surface area contributed by atoms with Crippen LogP contribution in [0.15, 0.2) is 48.6 Å². The number of aliphatic hydroxyl groups excluding tert-OH is 1. The Hall–Kier alpha value is -1.54. The third kappa shape index (κ3) is 36.6. The molecule has 0 bridgehead atoms. The maximum Gasteiger partial charge on any atom is 0.268 e. The van der Waals surface area contributed by atoms with Crippen molar-refractivity contribution in [3.05, 3.63) is 48.6 Å². The van der Waals surface area contributed by atoms with Gasteiger partial charge in [-0.15, -0.1) is 0 Å². The molecule has 0 aromatic heterocycles. The minimum absolute atomic E-state index is 0.0108. The zero-order chi connectivity index (χ0) is 37.9. The number of aliphatic hydroxyl groups is 1. The van der Waals surface area contributed by atoms with Gasteiger partial charge in [0.15, 0.2) is 0 Å². The Morgan fingerprint density at radius 2 is 1.20 bits per heavy atom. The molecule has 1 amide bonds. The summed E-state index contributed by atoms with van der Waals surface area (Å²) in [6, 6.07) is -0.909. The van der Waals surface area contributed by atoms with E-state index in [4.69, 9.17) is 9.05 Å². The average molecular weight is 739 g/mol. The minimum atomic E-state index is -4.59. The summed E-state index contributed by atoms with van der Waals surface area (Å²) in [6.07, 6.45) is 41.5. The summed E-state index contributed by atoms with van der Waals surface area (Å²) < 4.78 is 23.1. The normalized spacial score (nSPS) is 15.0. The fourth-order valence-electron chi connectivity index (χ4n) is 5.44. The fraction of sp³-hybridized carbons (Fsp3) is 0.786. The number of quaternary nitrogens is 1. The van der Waals surface area contributed by atoms with Gasteiger partial charge in [-0.1, -0.05) is 146 Å². The molecule has 3 unspecified atom stereocenters. The van der Waals surface area contributed by atoms with Crippen molar-refractivity contribution in [1.82, 2.24) is 5.32 Å². The second-order valence-corrected chi connectivity index (χ2v) is 16.4. The van der Waals surface area contributed by atoms with Crippen LogP contribution in [0.2, 0.25) is 0 Å². The van der Waals surface area contributed by atoms with Crippen LogP contribution in [0.1, 0.15) is 162 Å². The van der Waals surface area contributed by atoms with Crippen LogP contribution < -0.4 is 10.2 Å². The number of rotatable bonds is 36. The van der Waals surface area contributed by atoms with Crippen LogP contribution >= 0.6 is 7.82 Å². The summed E-state index contributed by atoms with van der Waals surface area (Å²) in [6.45, 7) is 4.52. The van der Waals surface area contributed by atoms with Gasteiger partial charge in [-0.25, -0.2) is 0 Å². The lowest BCUT2D eigenvalue weighted by molar-refractivity contribution is -0.870. The van der Waals surface area contributed by atoms with Crippen molar-refractivity contribution < 1.29 is 32.9 Å². The van der Waals surface area contributed by atoms with Gasteiger partial charge in [-0.05, 0) is 57.8 Å². The largest absolute Gasteiger partial charge is 0.756 e. The van der Waals surface area contributed by atoms with Crippen LogP contribution in [-0.2, 0) is 18.4 Å². The maximum absolute atomic E-state index is 12.8. The smallest absolute Gasteiger partial charge is 0.268 e. The highest BCUT2D eigenvalue weighted by Crippen LogP contribution is 2.38. The molecule has 0 rings (SSSR count). The third-order valence-electron chi connectivity index (χ3n) is 8.74. The minimum Gasteiger partial charge on any atom is -0.756 e. The van der Waals surface area contributed by atoms with E-state index in [1.165, 1.54) is 70.6 Å². The van der Waals surface area contributed by atoms with Crippen molar-refractivity contribution in [1.29, 1.82) is 0 Å². The van der Waals surface area contributed by atoms with Crippen molar-refractivity contribution in [2.75, 3.05) is 40.9 Å². The molecule has 51 heavy (non-hydrogen) atoms. The Kier molecular flexibility index (Phi) is 33.2. The lowest BCUT2D eigenvalue weighted by atomic mass is 10.1. The van der Waals surface area contributed by atoms with E-state index in [1.54, 1.807) is 6.08 Å². The molecule has 0 aliphatic heterocycles. The van der Waals surface area contributed by atoms with Crippen molar-refractivity contribution in [3.63, 3.8) is 0 Å². The monoisotopic (exact) mass is 739 g/mol. The molecule has 0 radical (unpaired) electrons. The molecule has 0 fully saturated rings. The number of allylic oxidation sites excluding steroid dienone is 7. The number of unbranched alkanes of at least 4 members (excludes halogenated alkanes) is 17. The number of nitrogens with one attached hydrogen (secondary N) is 1. The maximum atomic E-state index is 12.8. The van der Waals surface area contributed by atoms with Gasteiger partial charge in [0.2, 0.25) is 5.91 Å². The van der Waals surface area contributed by atoms with Crippen LogP contribution in [0.3, 0.4) is 0 Å². The number of nitrogens with zero attached hydrogens (tertiary/aromatic N) is 1. The first-order valence-electron chi connectivity index (χ1n) is 20.5. The molecule has 3 atom stereocenters. The van der Waals surface area contributed by atoms with Crippen LogP contribution in [-0.4, -0.2) is 68.5 Å². The molecule has 8 nitrogen and oxygen atoms in total. The van der Waals surface area contributed by atoms with E-state index in [0.717, 1.165) is 70.6 Å². The van der Waals surface area contributed by atoms with Crippen LogP contribution in [0.5, 0.6) is 0 Å². The van der Waals surface area contributed by atoms with Gasteiger partial charge in [0.25, 0.3) is 7.82 Å². The lowest BCUT2D eigenvalue weighted by Crippen LogP contribution is -2.45. The van der Waals surface area contributed by atoms with Gasteiger partial charge in [0, 0.05) is 6.42 Å². The van der Waals surface area contributed by atoms with Crippen molar-refractivity contribution in [2.24, 2.45) is 0 Å². The van der Waals surface area contributed by atoms with E-state index in [1.807, 2.05) is 27.2 Å². The number of phosphoric ester groups is 1. The summed E-state index contributed by atoms with van der Waals surface area (Å²) in [5.41, 5.74) is 0. The van der Waals surface area contributed by atoms with Gasteiger partial charge in [0.05, 0.1) is 39.9 Å². The summed E-state index contributed by atoms with van der Waals surface area (Å²) in [7, 11) is 1.23. The number of phosphoric acid groups is 1. The number of carbonyl (C=O) groups excluding carboxylic acids is 1. The van der Waals surface area contributed by atoms with Gasteiger partial charge >= 0.3 is 0 Å². The SMILES string of the molecule is CCC/C=C\C/C=C\CCCCCCCC(=O)NC(COP(=O)([O-])OCC[N+](C)(C)C)C(O)/C=C/CC/C=C/CCCCCCCCCCCC. The molecule has 9 heteroatoms. The Balaban J connectivity index is 4.57. The molecule has 0 aromatic rings. The molecule has 0 saturated heterocycles. The fourth-order valence-corrected chi connectivity index (χ4v) is 6.16. The molecule has 298 valence electrons. The average Bonchev–Trinajstić information content (AvgIpc) is 3.07. The zero-order valence-corrected chi connectivity index (χ0v) is 34.4. The Morgan fingerprint density at radius 3 is 1.78 bits per heavy atom. The van der Waals surface area contributed by atoms with Crippen LogP contribution in [0.25, 0.3) is 0 Å². The molecule has 0 aromatic carbocycles. The predicted molar refractivity (Wildman–Crippen MR) is 214 cm³/mol. The highest BCUT2D eigenvalue weighted by Gasteiger charge is 2.23. The first kappa shape index (κ1) is 49.5. The van der Waals surface area contributed by atoms with E-state index in [9.17, 15) is 19.4 Å². The number of hydrogen-bond acceptors (Lipinski definition) is 6. The number of likely N-dealkylation sites (N-methyl/N-ethyl adjacent to an activating group) is 1. The van der Waals surface area contributed by atoms with E-state index in [-0.39, 0.29) is 12.5 Å². The Morgan fingerprint density at radius 1 is 0.686 bits per heavy atom. The molecule has 0 heterocycles. The second-order valence-electron chi connectivity index (χ2n) is 15.0. The molecular formula is C42H79N2O6P. The Bertz CT molecular complexity index is 975. The molecule has 0 spiro atoms. The summed E-state index contributed by atoms with van der Waals surface area (Å²) in [5, 5.41) is 13.7. The highest BCUT2D eigenvalue weighted by molar-refractivity contribution is 7.45. The first-order chi connectivity index (χ1) is 24.5. The summed E-state index contributed by atoms with van der Waals surface area (Å²) in [4.78, 5) is 25.2. The topological polar surface area (TPSA) is 108 Å². The number of hydrogen-bond donors (Lipinski definition) is 2. The van der Waals surface area contributed by atoms with E-state index < -0.39 is 26.6 Å². The first-order valence-corrected chi connectivity index (χ1v) is 22.0. The quantitative estimate of drug-likeness (QED) is 0.0287.